The average Bonchev–Trinajstić information content (AvgIpc) is 2.51. The van der Waals surface area contributed by atoms with Gasteiger partial charge in [-0.3, -0.25) is 0 Å². The lowest BCUT2D eigenvalue weighted by molar-refractivity contribution is 0.159. The van der Waals surface area contributed by atoms with Gasteiger partial charge < -0.3 is 10.4 Å². The molecule has 148 valence electrons. The number of hydrogen-bond acceptors (Lipinski definition) is 4. The Hall–Kier alpha value is -1.02. The molecule has 1 aliphatic rings. The number of benzene rings is 1. The molecule has 1 fully saturated rings. The van der Waals surface area contributed by atoms with Gasteiger partial charge in [-0.15, -0.1) is 0 Å². The molecule has 0 aromatic heterocycles. The van der Waals surface area contributed by atoms with E-state index >= 15 is 0 Å². The molecule has 26 heavy (non-hydrogen) atoms. The molecule has 0 unspecified atom stereocenters. The first kappa shape index (κ1) is 21.3. The Balaban J connectivity index is 1.74. The van der Waals surface area contributed by atoms with Crippen LogP contribution in [0.2, 0.25) is 0 Å². The van der Waals surface area contributed by atoms with Crippen molar-refractivity contribution in [3.05, 3.63) is 35.6 Å². The van der Waals surface area contributed by atoms with Crippen molar-refractivity contribution in [2.75, 3.05) is 12.8 Å². The van der Waals surface area contributed by atoms with Crippen LogP contribution in [0.15, 0.2) is 24.3 Å². The van der Waals surface area contributed by atoms with Crippen molar-refractivity contribution in [2.45, 2.75) is 63.6 Å². The second-order valence-corrected chi connectivity index (χ2v) is 9.91. The van der Waals surface area contributed by atoms with Gasteiger partial charge in [-0.25, -0.2) is 17.5 Å². The van der Waals surface area contributed by atoms with Gasteiger partial charge >= 0.3 is 0 Å². The van der Waals surface area contributed by atoms with Gasteiger partial charge in [0.25, 0.3) is 0 Å². The van der Waals surface area contributed by atoms with Crippen molar-refractivity contribution in [1.29, 1.82) is 0 Å². The number of rotatable bonds is 8. The lowest BCUT2D eigenvalue weighted by Crippen LogP contribution is -2.45. The van der Waals surface area contributed by atoms with Crippen LogP contribution in [-0.2, 0) is 10.0 Å². The molecule has 0 saturated heterocycles. The van der Waals surface area contributed by atoms with Crippen LogP contribution in [0.1, 0.15) is 57.6 Å². The number of halogens is 1. The molecule has 0 aliphatic heterocycles. The normalized spacial score (nSPS) is 23.0. The second-order valence-electron chi connectivity index (χ2n) is 8.16. The minimum Gasteiger partial charge on any atom is -0.387 e. The maximum atomic E-state index is 13.2. The standard InChI is InChI=1S/C19H31FN2O3S/c1-19(2,22-26(3,24)25)12-14-7-9-17(10-8-14)21-13-18(23)15-5-4-6-16(20)11-15/h4-6,11,14,17-18,21-23H,7-10,12-13H2,1-3H3/t14-,17+,18-/m0/s1. The summed E-state index contributed by atoms with van der Waals surface area (Å²) in [5, 5.41) is 13.6. The van der Waals surface area contributed by atoms with Crippen LogP contribution >= 0.6 is 0 Å². The van der Waals surface area contributed by atoms with Crippen LogP contribution in [0.25, 0.3) is 0 Å². The lowest BCUT2D eigenvalue weighted by Gasteiger charge is -2.35. The zero-order chi connectivity index (χ0) is 19.4. The summed E-state index contributed by atoms with van der Waals surface area (Å²) < 4.78 is 38.9. The van der Waals surface area contributed by atoms with E-state index in [1.165, 1.54) is 18.4 Å². The first-order chi connectivity index (χ1) is 12.0. The van der Waals surface area contributed by atoms with E-state index in [0.717, 1.165) is 32.1 Å². The highest BCUT2D eigenvalue weighted by Crippen LogP contribution is 2.31. The Morgan fingerprint density at radius 1 is 1.27 bits per heavy atom. The van der Waals surface area contributed by atoms with E-state index in [2.05, 4.69) is 10.0 Å². The largest absolute Gasteiger partial charge is 0.387 e. The zero-order valence-corrected chi connectivity index (χ0v) is 16.7. The van der Waals surface area contributed by atoms with E-state index in [1.807, 2.05) is 13.8 Å². The van der Waals surface area contributed by atoms with Gasteiger partial charge in [-0.1, -0.05) is 12.1 Å². The van der Waals surface area contributed by atoms with Crippen LogP contribution in [-0.4, -0.2) is 37.9 Å². The molecular weight excluding hydrogens is 355 g/mol. The monoisotopic (exact) mass is 386 g/mol. The lowest BCUT2D eigenvalue weighted by atomic mass is 9.79. The average molecular weight is 387 g/mol. The third kappa shape index (κ3) is 7.31. The molecule has 1 saturated carbocycles. The Labute approximate surface area is 156 Å². The van der Waals surface area contributed by atoms with Crippen molar-refractivity contribution in [2.24, 2.45) is 5.92 Å². The fraction of sp³-hybridized carbons (Fsp3) is 0.684. The Morgan fingerprint density at radius 2 is 1.92 bits per heavy atom. The molecular formula is C19H31FN2O3S. The first-order valence-corrected chi connectivity index (χ1v) is 11.1. The summed E-state index contributed by atoms with van der Waals surface area (Å²) in [5.74, 6) is 0.151. The molecule has 1 aliphatic carbocycles. The molecule has 0 heterocycles. The van der Waals surface area contributed by atoms with Crippen molar-refractivity contribution >= 4 is 10.0 Å². The summed E-state index contributed by atoms with van der Waals surface area (Å²) in [7, 11) is -3.21. The zero-order valence-electron chi connectivity index (χ0n) is 15.8. The van der Waals surface area contributed by atoms with Crippen LogP contribution in [0, 0.1) is 11.7 Å². The third-order valence-corrected chi connectivity index (χ3v) is 5.86. The van der Waals surface area contributed by atoms with Crippen molar-refractivity contribution in [3.63, 3.8) is 0 Å². The molecule has 1 atom stereocenters. The maximum Gasteiger partial charge on any atom is 0.209 e. The molecule has 3 N–H and O–H groups in total. The molecule has 1 aromatic rings. The number of hydrogen-bond donors (Lipinski definition) is 3. The van der Waals surface area contributed by atoms with E-state index in [4.69, 9.17) is 0 Å². The number of aliphatic hydroxyl groups excluding tert-OH is 1. The van der Waals surface area contributed by atoms with Gasteiger partial charge in [0.05, 0.1) is 12.4 Å². The van der Waals surface area contributed by atoms with E-state index in [9.17, 15) is 17.9 Å². The third-order valence-electron chi connectivity index (χ3n) is 4.94. The highest BCUT2D eigenvalue weighted by molar-refractivity contribution is 7.88. The highest BCUT2D eigenvalue weighted by atomic mass is 32.2. The Morgan fingerprint density at radius 3 is 2.50 bits per heavy atom. The summed E-state index contributed by atoms with van der Waals surface area (Å²) in [5.41, 5.74) is 0.145. The summed E-state index contributed by atoms with van der Waals surface area (Å²) in [4.78, 5) is 0. The van der Waals surface area contributed by atoms with Gasteiger partial charge in [0.2, 0.25) is 10.0 Å². The predicted molar refractivity (Wildman–Crippen MR) is 102 cm³/mol. The van der Waals surface area contributed by atoms with Crippen molar-refractivity contribution in [1.82, 2.24) is 10.0 Å². The van der Waals surface area contributed by atoms with Gasteiger partial charge in [-0.05, 0) is 69.6 Å². The topological polar surface area (TPSA) is 78.4 Å². The van der Waals surface area contributed by atoms with E-state index in [-0.39, 0.29) is 5.82 Å². The Bertz CT molecular complexity index is 686. The summed E-state index contributed by atoms with van der Waals surface area (Å²) >= 11 is 0. The summed E-state index contributed by atoms with van der Waals surface area (Å²) in [6.45, 7) is 4.25. The molecule has 7 heteroatoms. The van der Waals surface area contributed by atoms with Gasteiger partial charge in [0.1, 0.15) is 5.82 Å². The first-order valence-electron chi connectivity index (χ1n) is 9.20. The van der Waals surface area contributed by atoms with E-state index in [1.54, 1.807) is 12.1 Å². The van der Waals surface area contributed by atoms with E-state index < -0.39 is 21.7 Å². The van der Waals surface area contributed by atoms with Crippen LogP contribution in [0.5, 0.6) is 0 Å². The van der Waals surface area contributed by atoms with Crippen molar-refractivity contribution in [3.8, 4) is 0 Å². The maximum absolute atomic E-state index is 13.2. The van der Waals surface area contributed by atoms with Gasteiger partial charge in [0.15, 0.2) is 0 Å². The quantitative estimate of drug-likeness (QED) is 0.642. The van der Waals surface area contributed by atoms with Gasteiger partial charge in [-0.2, -0.15) is 0 Å². The minimum atomic E-state index is -3.21. The molecule has 0 spiro atoms. The second kappa shape index (κ2) is 8.78. The van der Waals surface area contributed by atoms with Crippen molar-refractivity contribution < 1.29 is 17.9 Å². The minimum absolute atomic E-state index is 0.334. The molecule has 0 radical (unpaired) electrons. The number of aliphatic hydroxyl groups is 1. The molecule has 5 nitrogen and oxygen atoms in total. The fourth-order valence-electron chi connectivity index (χ4n) is 3.95. The van der Waals surface area contributed by atoms with Crippen LogP contribution in [0.3, 0.4) is 0 Å². The molecule has 0 bridgehead atoms. The summed E-state index contributed by atoms with van der Waals surface area (Å²) in [6.07, 6.45) is 5.34. The number of nitrogens with one attached hydrogen (secondary N) is 2. The van der Waals surface area contributed by atoms with Crippen LogP contribution < -0.4 is 10.0 Å². The van der Waals surface area contributed by atoms with E-state index in [0.29, 0.717) is 24.1 Å². The predicted octanol–water partition coefficient (Wildman–Crippen LogP) is 2.73. The summed E-state index contributed by atoms with van der Waals surface area (Å²) in [6, 6.07) is 6.39. The van der Waals surface area contributed by atoms with Crippen LogP contribution in [0.4, 0.5) is 4.39 Å². The fourth-order valence-corrected chi connectivity index (χ4v) is 5.03. The molecule has 1 aromatic carbocycles. The van der Waals surface area contributed by atoms with Gasteiger partial charge in [0, 0.05) is 18.1 Å². The highest BCUT2D eigenvalue weighted by Gasteiger charge is 2.29. The Kier molecular flexibility index (Phi) is 7.19. The molecule has 2 rings (SSSR count). The SMILES string of the molecule is CC(C)(C[C@H]1CC[C@@H](NC[C@H](O)c2cccc(F)c2)CC1)NS(C)(=O)=O. The molecule has 0 amide bonds. The number of sulfonamides is 1. The smallest absolute Gasteiger partial charge is 0.209 e.